The van der Waals surface area contributed by atoms with Gasteiger partial charge in [0.1, 0.15) is 11.8 Å². The summed E-state index contributed by atoms with van der Waals surface area (Å²) in [5.74, 6) is -0.412. The third-order valence-electron chi connectivity index (χ3n) is 4.69. The number of nitrogens with zero attached hydrogens (tertiary/aromatic N) is 2. The largest absolute Gasteiger partial charge is 0.465 e. The van der Waals surface area contributed by atoms with Gasteiger partial charge in [-0.1, -0.05) is 42.5 Å². The monoisotopic (exact) mass is 393 g/mol. The van der Waals surface area contributed by atoms with E-state index in [2.05, 4.69) is 10.4 Å². The number of esters is 1. The van der Waals surface area contributed by atoms with E-state index in [1.165, 1.54) is 7.11 Å². The predicted octanol–water partition coefficient (Wildman–Crippen LogP) is 4.49. The molecule has 1 aromatic heterocycles. The maximum absolute atomic E-state index is 12.5. The highest BCUT2D eigenvalue weighted by molar-refractivity contribution is 5.93. The lowest BCUT2D eigenvalue weighted by Gasteiger charge is -2.14. The summed E-state index contributed by atoms with van der Waals surface area (Å²) in [6.07, 6.45) is -0.958. The molecule has 1 N–H and O–H groups in total. The first-order valence-electron chi connectivity index (χ1n) is 9.15. The van der Waals surface area contributed by atoms with E-state index in [9.17, 15) is 9.59 Å². The molecule has 150 valence electrons. The first kappa shape index (κ1) is 20.1. The first-order chi connectivity index (χ1) is 13.9. The summed E-state index contributed by atoms with van der Waals surface area (Å²) in [6, 6.07) is 16.4. The fourth-order valence-corrected chi connectivity index (χ4v) is 2.93. The summed E-state index contributed by atoms with van der Waals surface area (Å²) in [7, 11) is 3.13. The maximum Gasteiger partial charge on any atom is 0.412 e. The van der Waals surface area contributed by atoms with Crippen molar-refractivity contribution < 1.29 is 19.1 Å². The van der Waals surface area contributed by atoms with Gasteiger partial charge in [0.2, 0.25) is 0 Å². The molecule has 0 bridgehead atoms. The first-order valence-corrected chi connectivity index (χ1v) is 9.15. The van der Waals surface area contributed by atoms with Gasteiger partial charge in [0, 0.05) is 12.6 Å². The number of benzene rings is 2. The SMILES string of the molecule is COC(=O)c1ccc(-c2nn(C)c(C)c2NC(=O)OC(C)c2ccccc2)cc1. The van der Waals surface area contributed by atoms with Crippen LogP contribution < -0.4 is 5.32 Å². The van der Waals surface area contributed by atoms with Crippen molar-refractivity contribution in [2.24, 2.45) is 7.05 Å². The molecule has 7 nitrogen and oxygen atoms in total. The van der Waals surface area contributed by atoms with Crippen LogP contribution in [-0.4, -0.2) is 29.0 Å². The van der Waals surface area contributed by atoms with Crippen molar-refractivity contribution >= 4 is 17.7 Å². The lowest BCUT2D eigenvalue weighted by atomic mass is 10.1. The molecular weight excluding hydrogens is 370 g/mol. The molecule has 0 aliphatic rings. The zero-order chi connectivity index (χ0) is 21.0. The van der Waals surface area contributed by atoms with Crippen LogP contribution in [0.25, 0.3) is 11.3 Å². The Kier molecular flexibility index (Phi) is 5.97. The van der Waals surface area contributed by atoms with E-state index >= 15 is 0 Å². The van der Waals surface area contributed by atoms with Gasteiger partial charge < -0.3 is 9.47 Å². The molecule has 1 heterocycles. The van der Waals surface area contributed by atoms with E-state index in [4.69, 9.17) is 9.47 Å². The standard InChI is InChI=1S/C22H23N3O4/c1-14-19(23-22(27)29-15(2)16-8-6-5-7-9-16)20(24-25(14)3)17-10-12-18(13-11-17)21(26)28-4/h5-13,15H,1-4H3,(H,23,27). The highest BCUT2D eigenvalue weighted by Gasteiger charge is 2.20. The molecule has 29 heavy (non-hydrogen) atoms. The molecular formula is C22H23N3O4. The van der Waals surface area contributed by atoms with Crippen LogP contribution in [0.4, 0.5) is 10.5 Å². The normalized spacial score (nSPS) is 11.6. The number of aryl methyl sites for hydroxylation is 1. The van der Waals surface area contributed by atoms with Crippen molar-refractivity contribution in [2.75, 3.05) is 12.4 Å². The molecule has 0 spiro atoms. The maximum atomic E-state index is 12.5. The molecule has 0 saturated carbocycles. The van der Waals surface area contributed by atoms with Crippen molar-refractivity contribution in [3.63, 3.8) is 0 Å². The Hall–Kier alpha value is -3.61. The van der Waals surface area contributed by atoms with Gasteiger partial charge in [-0.25, -0.2) is 9.59 Å². The van der Waals surface area contributed by atoms with Crippen LogP contribution in [0.15, 0.2) is 54.6 Å². The van der Waals surface area contributed by atoms with Crippen LogP contribution in [-0.2, 0) is 16.5 Å². The number of carbonyl (C=O) groups is 2. The molecule has 3 aromatic rings. The molecule has 0 radical (unpaired) electrons. The third kappa shape index (κ3) is 4.45. The van der Waals surface area contributed by atoms with E-state index in [-0.39, 0.29) is 0 Å². The van der Waals surface area contributed by atoms with Crippen LogP contribution in [0, 0.1) is 6.92 Å². The zero-order valence-electron chi connectivity index (χ0n) is 16.8. The van der Waals surface area contributed by atoms with E-state index in [0.717, 1.165) is 16.8 Å². The fraction of sp³-hybridized carbons (Fsp3) is 0.227. The van der Waals surface area contributed by atoms with Gasteiger partial charge in [0.05, 0.1) is 24.1 Å². The molecule has 0 saturated heterocycles. The number of hydrogen-bond acceptors (Lipinski definition) is 5. The molecule has 1 amide bonds. The van der Waals surface area contributed by atoms with E-state index < -0.39 is 18.2 Å². The van der Waals surface area contributed by atoms with E-state index in [1.807, 2.05) is 44.2 Å². The molecule has 3 rings (SSSR count). The molecule has 1 atom stereocenters. The number of amides is 1. The molecule has 7 heteroatoms. The molecule has 0 aliphatic heterocycles. The van der Waals surface area contributed by atoms with Gasteiger partial charge in [0.25, 0.3) is 0 Å². The predicted molar refractivity (Wildman–Crippen MR) is 110 cm³/mol. The summed E-state index contributed by atoms with van der Waals surface area (Å²) >= 11 is 0. The Morgan fingerprint density at radius 1 is 1.07 bits per heavy atom. The minimum Gasteiger partial charge on any atom is -0.465 e. The quantitative estimate of drug-likeness (QED) is 0.646. The van der Waals surface area contributed by atoms with Crippen molar-refractivity contribution in [2.45, 2.75) is 20.0 Å². The van der Waals surface area contributed by atoms with Gasteiger partial charge in [-0.3, -0.25) is 10.00 Å². The van der Waals surface area contributed by atoms with Crippen LogP contribution in [0.5, 0.6) is 0 Å². The average Bonchev–Trinajstić information content (AvgIpc) is 3.02. The number of rotatable bonds is 5. The summed E-state index contributed by atoms with van der Waals surface area (Å²) in [5.41, 5.74) is 4.03. The second-order valence-corrected chi connectivity index (χ2v) is 6.58. The Labute approximate surface area is 169 Å². The number of methoxy groups -OCH3 is 1. The topological polar surface area (TPSA) is 82.5 Å². The Morgan fingerprint density at radius 2 is 1.72 bits per heavy atom. The summed E-state index contributed by atoms with van der Waals surface area (Å²) in [5, 5.41) is 7.31. The van der Waals surface area contributed by atoms with Gasteiger partial charge in [0.15, 0.2) is 0 Å². The third-order valence-corrected chi connectivity index (χ3v) is 4.69. The lowest BCUT2D eigenvalue weighted by Crippen LogP contribution is -2.17. The number of carbonyl (C=O) groups excluding carboxylic acids is 2. The van der Waals surface area contributed by atoms with Gasteiger partial charge in [-0.15, -0.1) is 0 Å². The smallest absolute Gasteiger partial charge is 0.412 e. The average molecular weight is 393 g/mol. The Morgan fingerprint density at radius 3 is 2.34 bits per heavy atom. The fourth-order valence-electron chi connectivity index (χ4n) is 2.93. The number of aromatic nitrogens is 2. The van der Waals surface area contributed by atoms with Crippen LogP contribution in [0.1, 0.15) is 34.6 Å². The van der Waals surface area contributed by atoms with Crippen molar-refractivity contribution in [1.29, 1.82) is 0 Å². The minimum atomic E-state index is -0.565. The van der Waals surface area contributed by atoms with Crippen LogP contribution in [0.3, 0.4) is 0 Å². The van der Waals surface area contributed by atoms with Crippen LogP contribution in [0.2, 0.25) is 0 Å². The molecule has 2 aromatic carbocycles. The van der Waals surface area contributed by atoms with Gasteiger partial charge in [-0.2, -0.15) is 5.10 Å². The van der Waals surface area contributed by atoms with Crippen molar-refractivity contribution in [3.05, 3.63) is 71.4 Å². The van der Waals surface area contributed by atoms with E-state index in [0.29, 0.717) is 16.9 Å². The van der Waals surface area contributed by atoms with Crippen LogP contribution >= 0.6 is 0 Å². The molecule has 0 fully saturated rings. The minimum absolute atomic E-state index is 0.393. The molecule has 0 aliphatic carbocycles. The Balaban J connectivity index is 1.81. The lowest BCUT2D eigenvalue weighted by molar-refractivity contribution is 0.0600. The Bertz CT molecular complexity index is 1010. The van der Waals surface area contributed by atoms with Crippen molar-refractivity contribution in [3.8, 4) is 11.3 Å². The number of ether oxygens (including phenoxy) is 2. The highest BCUT2D eigenvalue weighted by Crippen LogP contribution is 2.30. The van der Waals surface area contributed by atoms with Crippen molar-refractivity contribution in [1.82, 2.24) is 9.78 Å². The second kappa shape index (κ2) is 8.60. The van der Waals surface area contributed by atoms with E-state index in [1.54, 1.807) is 36.0 Å². The summed E-state index contributed by atoms with van der Waals surface area (Å²) < 4.78 is 11.9. The summed E-state index contributed by atoms with van der Waals surface area (Å²) in [6.45, 7) is 3.67. The number of nitrogens with one attached hydrogen (secondary N) is 1. The number of anilines is 1. The van der Waals surface area contributed by atoms with Gasteiger partial charge >= 0.3 is 12.1 Å². The highest BCUT2D eigenvalue weighted by atomic mass is 16.6. The zero-order valence-corrected chi connectivity index (χ0v) is 16.8. The molecule has 1 unspecified atom stereocenters. The number of hydrogen-bond donors (Lipinski definition) is 1. The van der Waals surface area contributed by atoms with Gasteiger partial charge in [-0.05, 0) is 31.5 Å². The second-order valence-electron chi connectivity index (χ2n) is 6.58. The summed E-state index contributed by atoms with van der Waals surface area (Å²) in [4.78, 5) is 24.1.